The van der Waals surface area contributed by atoms with Gasteiger partial charge in [0.1, 0.15) is 0 Å². The van der Waals surface area contributed by atoms with Crippen molar-refractivity contribution in [2.45, 2.75) is 38.0 Å². The van der Waals surface area contributed by atoms with Crippen molar-refractivity contribution in [3.63, 3.8) is 0 Å². The largest absolute Gasteiger partial charge is 0.391 e. The molecule has 2 unspecified atom stereocenters. The van der Waals surface area contributed by atoms with Crippen molar-refractivity contribution >= 4 is 5.91 Å². The second-order valence-corrected chi connectivity index (χ2v) is 4.22. The van der Waals surface area contributed by atoms with Crippen LogP contribution in [0.3, 0.4) is 0 Å². The molecule has 0 spiro atoms. The zero-order valence-corrected chi connectivity index (χ0v) is 9.64. The molecule has 1 saturated heterocycles. The molecule has 0 aromatic heterocycles. The van der Waals surface area contributed by atoms with E-state index in [2.05, 4.69) is 10.6 Å². The van der Waals surface area contributed by atoms with Gasteiger partial charge in [-0.2, -0.15) is 13.2 Å². The van der Waals surface area contributed by atoms with E-state index < -0.39 is 18.6 Å². The van der Waals surface area contributed by atoms with E-state index in [-0.39, 0.29) is 18.4 Å². The van der Waals surface area contributed by atoms with Crippen LogP contribution in [0.15, 0.2) is 0 Å². The molecule has 1 aliphatic rings. The van der Waals surface area contributed by atoms with Crippen molar-refractivity contribution in [1.29, 1.82) is 0 Å². The van der Waals surface area contributed by atoms with Gasteiger partial charge in [0.25, 0.3) is 0 Å². The van der Waals surface area contributed by atoms with Crippen LogP contribution in [-0.4, -0.2) is 43.9 Å². The molecule has 1 amide bonds. The maximum absolute atomic E-state index is 12.0. The quantitative estimate of drug-likeness (QED) is 0.781. The zero-order chi connectivity index (χ0) is 12.9. The summed E-state index contributed by atoms with van der Waals surface area (Å²) in [4.78, 5) is 11.4. The molecule has 1 heterocycles. The number of halogens is 3. The van der Waals surface area contributed by atoms with E-state index >= 15 is 0 Å². The number of hydrogen-bond acceptors (Lipinski definition) is 3. The fraction of sp³-hybridized carbons (Fsp3) is 0.900. The van der Waals surface area contributed by atoms with Crippen LogP contribution in [0.25, 0.3) is 0 Å². The molecular formula is C10H17F3N2O2. The summed E-state index contributed by atoms with van der Waals surface area (Å²) in [7, 11) is 0. The lowest BCUT2D eigenvalue weighted by Gasteiger charge is -2.24. The number of ether oxygens (including phenoxy) is 1. The number of carbonyl (C=O) groups excluding carboxylic acids is 1. The topological polar surface area (TPSA) is 50.4 Å². The summed E-state index contributed by atoms with van der Waals surface area (Å²) in [6.07, 6.45) is -5.12. The van der Waals surface area contributed by atoms with Gasteiger partial charge in [-0.1, -0.05) is 0 Å². The highest BCUT2D eigenvalue weighted by Gasteiger charge is 2.30. The molecule has 1 fully saturated rings. The van der Waals surface area contributed by atoms with Gasteiger partial charge in [-0.3, -0.25) is 4.79 Å². The van der Waals surface area contributed by atoms with Crippen molar-refractivity contribution in [3.05, 3.63) is 0 Å². The Morgan fingerprint density at radius 1 is 1.59 bits per heavy atom. The molecule has 2 N–H and O–H groups in total. The molecular weight excluding hydrogens is 237 g/mol. The highest BCUT2D eigenvalue weighted by molar-refractivity contribution is 5.76. The van der Waals surface area contributed by atoms with E-state index in [1.807, 2.05) is 0 Å². The Morgan fingerprint density at radius 3 is 2.82 bits per heavy atom. The lowest BCUT2D eigenvalue weighted by atomic mass is 10.1. The third-order valence-corrected chi connectivity index (χ3v) is 2.38. The molecule has 7 heteroatoms. The van der Waals surface area contributed by atoms with Gasteiger partial charge in [0, 0.05) is 25.0 Å². The fourth-order valence-corrected chi connectivity index (χ4v) is 1.71. The second kappa shape index (κ2) is 6.20. The standard InChI is InChI=1S/C10H17F3N2O2/c1-7(5-10(11,12)13)15-9(16)4-8-6-17-3-2-14-8/h7-8,14H,2-6H2,1H3,(H,15,16). The molecule has 0 bridgehead atoms. The maximum atomic E-state index is 12.0. The van der Waals surface area contributed by atoms with Gasteiger partial charge in [0.05, 0.1) is 19.6 Å². The minimum Gasteiger partial charge on any atom is -0.378 e. The zero-order valence-electron chi connectivity index (χ0n) is 9.64. The molecule has 0 aromatic carbocycles. The summed E-state index contributed by atoms with van der Waals surface area (Å²) in [5, 5.41) is 5.39. The van der Waals surface area contributed by atoms with E-state index in [1.165, 1.54) is 6.92 Å². The van der Waals surface area contributed by atoms with E-state index in [0.717, 1.165) is 0 Å². The van der Waals surface area contributed by atoms with Crippen LogP contribution < -0.4 is 10.6 Å². The Balaban J connectivity index is 2.23. The molecule has 0 aliphatic carbocycles. The number of carbonyl (C=O) groups is 1. The number of morpholine rings is 1. The Bertz CT molecular complexity index is 252. The van der Waals surface area contributed by atoms with Gasteiger partial charge in [0.15, 0.2) is 0 Å². The normalized spacial score (nSPS) is 23.2. The van der Waals surface area contributed by atoms with Gasteiger partial charge in [0.2, 0.25) is 5.91 Å². The Labute approximate surface area is 97.9 Å². The molecule has 2 atom stereocenters. The molecule has 0 radical (unpaired) electrons. The van der Waals surface area contributed by atoms with Gasteiger partial charge in [-0.05, 0) is 6.92 Å². The van der Waals surface area contributed by atoms with Crippen LogP contribution in [0, 0.1) is 0 Å². The molecule has 1 aliphatic heterocycles. The van der Waals surface area contributed by atoms with Crippen LogP contribution >= 0.6 is 0 Å². The third kappa shape index (κ3) is 6.48. The SMILES string of the molecule is CC(CC(F)(F)F)NC(=O)CC1COCCN1. The Hall–Kier alpha value is -0.820. The number of alkyl halides is 3. The minimum absolute atomic E-state index is 0.109. The summed E-state index contributed by atoms with van der Waals surface area (Å²) in [5.74, 6) is -0.384. The van der Waals surface area contributed by atoms with Gasteiger partial charge >= 0.3 is 6.18 Å². The fourth-order valence-electron chi connectivity index (χ4n) is 1.71. The number of rotatable bonds is 4. The van der Waals surface area contributed by atoms with Gasteiger partial charge in [-0.25, -0.2) is 0 Å². The smallest absolute Gasteiger partial charge is 0.378 e. The molecule has 100 valence electrons. The van der Waals surface area contributed by atoms with E-state index in [9.17, 15) is 18.0 Å². The van der Waals surface area contributed by atoms with E-state index in [4.69, 9.17) is 4.74 Å². The first-order chi connectivity index (χ1) is 7.87. The first-order valence-electron chi connectivity index (χ1n) is 5.54. The van der Waals surface area contributed by atoms with Crippen molar-refractivity contribution in [3.8, 4) is 0 Å². The molecule has 1 rings (SSSR count). The van der Waals surface area contributed by atoms with E-state index in [0.29, 0.717) is 19.8 Å². The predicted molar refractivity (Wildman–Crippen MR) is 55.5 cm³/mol. The van der Waals surface area contributed by atoms with Crippen LogP contribution in [0.4, 0.5) is 13.2 Å². The van der Waals surface area contributed by atoms with Crippen LogP contribution in [0.1, 0.15) is 19.8 Å². The monoisotopic (exact) mass is 254 g/mol. The second-order valence-electron chi connectivity index (χ2n) is 4.22. The Kier molecular flexibility index (Phi) is 5.20. The Morgan fingerprint density at radius 2 is 2.29 bits per heavy atom. The van der Waals surface area contributed by atoms with Crippen molar-refractivity contribution in [2.24, 2.45) is 0 Å². The van der Waals surface area contributed by atoms with Crippen molar-refractivity contribution in [1.82, 2.24) is 10.6 Å². The molecule has 4 nitrogen and oxygen atoms in total. The van der Waals surface area contributed by atoms with Crippen molar-refractivity contribution < 1.29 is 22.7 Å². The highest BCUT2D eigenvalue weighted by atomic mass is 19.4. The van der Waals surface area contributed by atoms with Gasteiger partial charge < -0.3 is 15.4 Å². The number of amides is 1. The maximum Gasteiger partial charge on any atom is 0.391 e. The summed E-state index contributed by atoms with van der Waals surface area (Å²) < 4.78 is 41.2. The average molecular weight is 254 g/mol. The summed E-state index contributed by atoms with van der Waals surface area (Å²) in [5.41, 5.74) is 0. The summed E-state index contributed by atoms with van der Waals surface area (Å²) >= 11 is 0. The van der Waals surface area contributed by atoms with Crippen LogP contribution in [-0.2, 0) is 9.53 Å². The average Bonchev–Trinajstić information content (AvgIpc) is 2.15. The first-order valence-corrected chi connectivity index (χ1v) is 5.54. The summed E-state index contributed by atoms with van der Waals surface area (Å²) in [6, 6.07) is -1.01. The lowest BCUT2D eigenvalue weighted by Crippen LogP contribution is -2.45. The molecule has 0 saturated carbocycles. The summed E-state index contributed by atoms with van der Waals surface area (Å²) in [6.45, 7) is 3.02. The van der Waals surface area contributed by atoms with Crippen molar-refractivity contribution in [2.75, 3.05) is 19.8 Å². The van der Waals surface area contributed by atoms with E-state index in [1.54, 1.807) is 0 Å². The van der Waals surface area contributed by atoms with Gasteiger partial charge in [-0.15, -0.1) is 0 Å². The molecule has 0 aromatic rings. The lowest BCUT2D eigenvalue weighted by molar-refractivity contribution is -0.141. The highest BCUT2D eigenvalue weighted by Crippen LogP contribution is 2.21. The third-order valence-electron chi connectivity index (χ3n) is 2.38. The number of nitrogens with one attached hydrogen (secondary N) is 2. The van der Waals surface area contributed by atoms with Crippen LogP contribution in [0.2, 0.25) is 0 Å². The van der Waals surface area contributed by atoms with Crippen LogP contribution in [0.5, 0.6) is 0 Å². The first kappa shape index (κ1) is 14.2. The predicted octanol–water partition coefficient (Wildman–Crippen LogP) is 0.822. The minimum atomic E-state index is -4.25. The molecule has 17 heavy (non-hydrogen) atoms. The number of hydrogen-bond donors (Lipinski definition) is 2.